The van der Waals surface area contributed by atoms with Crippen LogP contribution in [0.4, 0.5) is 5.69 Å². The Labute approximate surface area is 210 Å². The van der Waals surface area contributed by atoms with Gasteiger partial charge in [0.1, 0.15) is 0 Å². The van der Waals surface area contributed by atoms with Crippen molar-refractivity contribution in [1.82, 2.24) is 0 Å². The van der Waals surface area contributed by atoms with Crippen LogP contribution in [-0.4, -0.2) is 29.9 Å². The minimum absolute atomic E-state index is 0.0259. The normalized spacial score (nSPS) is 13.8. The maximum atomic E-state index is 12.6. The van der Waals surface area contributed by atoms with E-state index in [1.807, 2.05) is 13.0 Å². The van der Waals surface area contributed by atoms with Crippen molar-refractivity contribution in [3.8, 4) is 11.5 Å². The Kier molecular flexibility index (Phi) is 6.84. The second-order valence-electron chi connectivity index (χ2n) is 7.89. The van der Waals surface area contributed by atoms with E-state index in [9.17, 15) is 19.7 Å². The molecular weight excluding hydrogens is 488 g/mol. The number of hydrogen-bond donors (Lipinski definition) is 0. The van der Waals surface area contributed by atoms with Crippen LogP contribution >= 0.6 is 11.6 Å². The molecule has 182 valence electrons. The zero-order chi connectivity index (χ0) is 26.0. The number of hydrogen-bond acceptors (Lipinski definition) is 8. The van der Waals surface area contributed by atoms with Gasteiger partial charge in [-0.2, -0.15) is 0 Å². The van der Waals surface area contributed by atoms with E-state index in [1.54, 1.807) is 37.3 Å². The van der Waals surface area contributed by atoms with Gasteiger partial charge in [-0.05, 0) is 55.8 Å². The Morgan fingerprint density at radius 1 is 1.14 bits per heavy atom. The fourth-order valence-electron chi connectivity index (χ4n) is 3.48. The number of cyclic esters (lactones) is 1. The highest BCUT2D eigenvalue weighted by Gasteiger charge is 2.26. The van der Waals surface area contributed by atoms with Gasteiger partial charge in [-0.15, -0.1) is 0 Å². The van der Waals surface area contributed by atoms with Crippen molar-refractivity contribution < 1.29 is 28.7 Å². The second kappa shape index (κ2) is 10.0. The Bertz CT molecular complexity index is 1480. The van der Waals surface area contributed by atoms with E-state index in [4.69, 9.17) is 25.8 Å². The van der Waals surface area contributed by atoms with Crippen molar-refractivity contribution in [2.75, 3.05) is 7.11 Å². The lowest BCUT2D eigenvalue weighted by atomic mass is 10.1. The SMILES string of the molecule is COc1cc(/C=C2\N=C(c3ccc(C)c([N+](=O)[O-])c3)OC2=O)cc(Cl)c1OC(=O)c1cccc(C)c1. The van der Waals surface area contributed by atoms with E-state index >= 15 is 0 Å². The molecule has 0 saturated heterocycles. The Morgan fingerprint density at radius 2 is 1.92 bits per heavy atom. The number of halogens is 1. The van der Waals surface area contributed by atoms with Gasteiger partial charge in [-0.3, -0.25) is 10.1 Å². The van der Waals surface area contributed by atoms with Crippen molar-refractivity contribution >= 4 is 41.2 Å². The third-order valence-corrected chi connectivity index (χ3v) is 5.56. The van der Waals surface area contributed by atoms with Gasteiger partial charge in [0.2, 0.25) is 5.90 Å². The average Bonchev–Trinajstić information content (AvgIpc) is 3.20. The summed E-state index contributed by atoms with van der Waals surface area (Å²) >= 11 is 6.38. The molecule has 1 aliphatic rings. The predicted molar refractivity (Wildman–Crippen MR) is 133 cm³/mol. The maximum Gasteiger partial charge on any atom is 0.363 e. The van der Waals surface area contributed by atoms with Crippen LogP contribution in [0.15, 0.2) is 65.3 Å². The first kappa shape index (κ1) is 24.6. The number of aryl methyl sites for hydroxylation is 2. The third-order valence-electron chi connectivity index (χ3n) is 5.28. The molecule has 0 radical (unpaired) electrons. The highest BCUT2D eigenvalue weighted by atomic mass is 35.5. The van der Waals surface area contributed by atoms with Gasteiger partial charge in [-0.25, -0.2) is 14.6 Å². The predicted octanol–water partition coefficient (Wildman–Crippen LogP) is 5.44. The molecule has 0 unspecified atom stereocenters. The lowest BCUT2D eigenvalue weighted by Gasteiger charge is -2.12. The zero-order valence-electron chi connectivity index (χ0n) is 19.4. The van der Waals surface area contributed by atoms with Crippen LogP contribution in [0.2, 0.25) is 5.02 Å². The smallest absolute Gasteiger partial charge is 0.363 e. The molecule has 0 bridgehead atoms. The van der Waals surface area contributed by atoms with Gasteiger partial charge in [0, 0.05) is 17.2 Å². The first-order valence-electron chi connectivity index (χ1n) is 10.6. The van der Waals surface area contributed by atoms with Crippen LogP contribution in [0.1, 0.15) is 32.6 Å². The molecule has 0 spiro atoms. The van der Waals surface area contributed by atoms with Crippen molar-refractivity contribution in [2.24, 2.45) is 4.99 Å². The van der Waals surface area contributed by atoms with Gasteiger partial charge >= 0.3 is 11.9 Å². The number of nitrogens with zero attached hydrogens (tertiary/aromatic N) is 2. The summed E-state index contributed by atoms with van der Waals surface area (Å²) in [7, 11) is 1.39. The van der Waals surface area contributed by atoms with Crippen LogP contribution in [0.25, 0.3) is 6.08 Å². The third kappa shape index (κ3) is 5.11. The first-order chi connectivity index (χ1) is 17.2. The molecule has 36 heavy (non-hydrogen) atoms. The average molecular weight is 507 g/mol. The van der Waals surface area contributed by atoms with E-state index in [1.165, 1.54) is 31.4 Å². The molecule has 0 amide bonds. The van der Waals surface area contributed by atoms with Gasteiger partial charge in [-0.1, -0.05) is 35.4 Å². The first-order valence-corrected chi connectivity index (χ1v) is 11.0. The molecule has 3 aromatic carbocycles. The lowest BCUT2D eigenvalue weighted by molar-refractivity contribution is -0.385. The van der Waals surface area contributed by atoms with Gasteiger partial charge in [0.25, 0.3) is 5.69 Å². The molecule has 0 fully saturated rings. The van der Waals surface area contributed by atoms with Gasteiger partial charge in [0.05, 0.1) is 22.6 Å². The standard InChI is InChI=1S/C26H19ClN2O7/c1-14-5-4-6-18(9-14)25(30)35-23-19(27)10-16(12-22(23)34-3)11-20-26(31)36-24(28-20)17-8-7-15(2)21(13-17)29(32)33/h4-13H,1-3H3/b20-11-. The summed E-state index contributed by atoms with van der Waals surface area (Å²) in [4.78, 5) is 39.9. The topological polar surface area (TPSA) is 117 Å². The molecule has 1 aliphatic heterocycles. The Balaban J connectivity index is 1.64. The quantitative estimate of drug-likeness (QED) is 0.144. The molecule has 4 rings (SSSR count). The molecular formula is C26H19ClN2O7. The van der Waals surface area contributed by atoms with Crippen LogP contribution in [-0.2, 0) is 9.53 Å². The molecule has 0 saturated carbocycles. The molecule has 0 aliphatic carbocycles. The Hall–Kier alpha value is -4.50. The molecule has 1 heterocycles. The lowest BCUT2D eigenvalue weighted by Crippen LogP contribution is -2.10. The number of carbonyl (C=O) groups is 2. The number of esters is 2. The summed E-state index contributed by atoms with van der Waals surface area (Å²) in [6, 6.07) is 14.3. The second-order valence-corrected chi connectivity index (χ2v) is 8.29. The van der Waals surface area contributed by atoms with Crippen LogP contribution in [0, 0.1) is 24.0 Å². The highest BCUT2D eigenvalue weighted by molar-refractivity contribution is 6.32. The maximum absolute atomic E-state index is 12.6. The fraction of sp³-hybridized carbons (Fsp3) is 0.115. The largest absolute Gasteiger partial charge is 0.493 e. The number of benzene rings is 3. The van der Waals surface area contributed by atoms with E-state index in [0.717, 1.165) is 5.56 Å². The highest BCUT2D eigenvalue weighted by Crippen LogP contribution is 2.38. The monoisotopic (exact) mass is 506 g/mol. The summed E-state index contributed by atoms with van der Waals surface area (Å²) in [6.07, 6.45) is 1.42. The number of rotatable bonds is 6. The summed E-state index contributed by atoms with van der Waals surface area (Å²) in [6.45, 7) is 3.46. The number of nitro groups is 1. The van der Waals surface area contributed by atoms with E-state index in [0.29, 0.717) is 16.7 Å². The van der Waals surface area contributed by atoms with Crippen LogP contribution in [0.3, 0.4) is 0 Å². The summed E-state index contributed by atoms with van der Waals surface area (Å²) in [5.74, 6) is -1.21. The van der Waals surface area contributed by atoms with E-state index < -0.39 is 16.9 Å². The number of nitro benzene ring substituents is 1. The van der Waals surface area contributed by atoms with Crippen molar-refractivity contribution in [3.63, 3.8) is 0 Å². The van der Waals surface area contributed by atoms with Crippen LogP contribution < -0.4 is 9.47 Å². The van der Waals surface area contributed by atoms with Crippen LogP contribution in [0.5, 0.6) is 11.5 Å². The summed E-state index contributed by atoms with van der Waals surface area (Å²) in [5, 5.41) is 11.3. The fourth-order valence-corrected chi connectivity index (χ4v) is 3.73. The van der Waals surface area contributed by atoms with Crippen molar-refractivity contribution in [1.29, 1.82) is 0 Å². The van der Waals surface area contributed by atoms with Gasteiger partial charge in [0.15, 0.2) is 17.2 Å². The molecule has 0 N–H and O–H groups in total. The number of aliphatic imine (C=N–C) groups is 1. The molecule has 0 aromatic heterocycles. The van der Waals surface area contributed by atoms with E-state index in [-0.39, 0.29) is 39.4 Å². The van der Waals surface area contributed by atoms with E-state index in [2.05, 4.69) is 4.99 Å². The molecule has 9 nitrogen and oxygen atoms in total. The zero-order valence-corrected chi connectivity index (χ0v) is 20.2. The van der Waals surface area contributed by atoms with Crippen molar-refractivity contribution in [2.45, 2.75) is 13.8 Å². The molecule has 3 aromatic rings. The number of methoxy groups -OCH3 is 1. The minimum atomic E-state index is -0.738. The number of ether oxygens (including phenoxy) is 3. The summed E-state index contributed by atoms with van der Waals surface area (Å²) < 4.78 is 16.0. The minimum Gasteiger partial charge on any atom is -0.493 e. The molecule has 10 heteroatoms. The summed E-state index contributed by atoms with van der Waals surface area (Å²) in [5.41, 5.74) is 2.28. The molecule has 0 atom stereocenters. The van der Waals surface area contributed by atoms with Gasteiger partial charge < -0.3 is 14.2 Å². The number of carbonyl (C=O) groups excluding carboxylic acids is 2. The Morgan fingerprint density at radius 3 is 2.61 bits per heavy atom. The van der Waals surface area contributed by atoms with Crippen molar-refractivity contribution in [3.05, 3.63) is 103 Å².